The molecule has 1 saturated carbocycles. The first-order valence-corrected chi connectivity index (χ1v) is 9.15. The highest BCUT2D eigenvalue weighted by atomic mass is 32.2. The minimum absolute atomic E-state index is 0.00553. The minimum Gasteiger partial charge on any atom is -0.480 e. The summed E-state index contributed by atoms with van der Waals surface area (Å²) < 4.78 is 27.2. The number of carbonyl (C=O) groups is 1. The molecule has 23 heavy (non-hydrogen) atoms. The summed E-state index contributed by atoms with van der Waals surface area (Å²) in [5, 5.41) is 18.5. The topological polar surface area (TPSA) is 98.5 Å². The second kappa shape index (κ2) is 5.95. The van der Waals surface area contributed by atoms with Crippen LogP contribution in [0.25, 0.3) is 0 Å². The van der Waals surface area contributed by atoms with Crippen LogP contribution in [0.2, 0.25) is 0 Å². The van der Waals surface area contributed by atoms with E-state index in [1.54, 1.807) is 0 Å². The summed E-state index contributed by atoms with van der Waals surface area (Å²) in [7, 11) is -3.93. The third-order valence-electron chi connectivity index (χ3n) is 4.85. The first-order valence-electron chi connectivity index (χ1n) is 7.71. The maximum absolute atomic E-state index is 13.0. The number of carboxylic acid groups (broad SMARTS) is 1. The molecule has 0 aromatic heterocycles. The first-order chi connectivity index (χ1) is 10.9. The van der Waals surface area contributed by atoms with Crippen LogP contribution in [0.3, 0.4) is 0 Å². The normalized spacial score (nSPS) is 28.0. The molecule has 2 aliphatic rings. The van der Waals surface area contributed by atoms with E-state index in [4.69, 9.17) is 5.26 Å². The standard InChI is InChI=1S/C16H18N2O4S/c17-10-11-4-3-6-13(8-11)23(21,22)18-14-7-2-1-5-12(14)9-15(18)16(19)20/h3-4,6,8,12,14-15H,1-2,5,7,9H2,(H,19,20)/t12-,14-,15-/m0/s1. The van der Waals surface area contributed by atoms with Crippen LogP contribution in [0, 0.1) is 17.2 Å². The molecule has 3 atom stereocenters. The summed E-state index contributed by atoms with van der Waals surface area (Å²) in [4.78, 5) is 11.6. The second-order valence-corrected chi connectivity index (χ2v) is 8.02. The van der Waals surface area contributed by atoms with Gasteiger partial charge in [0.15, 0.2) is 0 Å². The van der Waals surface area contributed by atoms with Crippen molar-refractivity contribution < 1.29 is 18.3 Å². The van der Waals surface area contributed by atoms with Crippen LogP contribution < -0.4 is 0 Å². The van der Waals surface area contributed by atoms with E-state index in [0.717, 1.165) is 19.3 Å². The van der Waals surface area contributed by atoms with Crippen molar-refractivity contribution in [3.05, 3.63) is 29.8 Å². The molecule has 1 heterocycles. The highest BCUT2D eigenvalue weighted by molar-refractivity contribution is 7.89. The van der Waals surface area contributed by atoms with Gasteiger partial charge in [-0.15, -0.1) is 0 Å². The number of fused-ring (bicyclic) bond motifs is 1. The Morgan fingerprint density at radius 3 is 2.74 bits per heavy atom. The van der Waals surface area contributed by atoms with Gasteiger partial charge in [0.05, 0.1) is 16.5 Å². The summed E-state index contributed by atoms with van der Waals surface area (Å²) in [5.74, 6) is -0.988. The maximum atomic E-state index is 13.0. The fourth-order valence-electron chi connectivity index (χ4n) is 3.82. The number of rotatable bonds is 3. The molecule has 0 bridgehead atoms. The Hall–Kier alpha value is -1.91. The Balaban J connectivity index is 2.05. The van der Waals surface area contributed by atoms with Gasteiger partial charge in [0.25, 0.3) is 0 Å². The monoisotopic (exact) mass is 334 g/mol. The SMILES string of the molecule is N#Cc1cccc(S(=O)(=O)N2[C@H](C(=O)O)C[C@@H]3CCCC[C@@H]32)c1. The lowest BCUT2D eigenvalue weighted by Crippen LogP contribution is -2.46. The van der Waals surface area contributed by atoms with Crippen LogP contribution in [-0.4, -0.2) is 35.9 Å². The van der Waals surface area contributed by atoms with Crippen molar-refractivity contribution >= 4 is 16.0 Å². The molecule has 1 aromatic rings. The number of hydrogen-bond donors (Lipinski definition) is 1. The molecule has 7 heteroatoms. The van der Waals surface area contributed by atoms with Crippen molar-refractivity contribution in [2.45, 2.75) is 49.1 Å². The van der Waals surface area contributed by atoms with Gasteiger partial charge in [-0.2, -0.15) is 9.57 Å². The Morgan fingerprint density at radius 1 is 1.30 bits per heavy atom. The van der Waals surface area contributed by atoms with Crippen molar-refractivity contribution in [1.82, 2.24) is 4.31 Å². The van der Waals surface area contributed by atoms with E-state index in [1.807, 2.05) is 6.07 Å². The van der Waals surface area contributed by atoms with Crippen LogP contribution in [0.5, 0.6) is 0 Å². The highest BCUT2D eigenvalue weighted by Crippen LogP contribution is 2.42. The third kappa shape index (κ3) is 2.73. The fraction of sp³-hybridized carbons (Fsp3) is 0.500. The van der Waals surface area contributed by atoms with E-state index < -0.39 is 22.0 Å². The van der Waals surface area contributed by atoms with Gasteiger partial charge < -0.3 is 5.11 Å². The van der Waals surface area contributed by atoms with Crippen LogP contribution in [0.1, 0.15) is 37.7 Å². The fourth-order valence-corrected chi connectivity index (χ4v) is 5.74. The Labute approximate surface area is 135 Å². The van der Waals surface area contributed by atoms with E-state index in [-0.39, 0.29) is 22.4 Å². The largest absolute Gasteiger partial charge is 0.480 e. The van der Waals surface area contributed by atoms with E-state index >= 15 is 0 Å². The molecule has 1 aliphatic carbocycles. The van der Waals surface area contributed by atoms with Crippen molar-refractivity contribution in [1.29, 1.82) is 5.26 Å². The second-order valence-electron chi connectivity index (χ2n) is 6.18. The van der Waals surface area contributed by atoms with Crippen LogP contribution in [0.15, 0.2) is 29.2 Å². The number of carboxylic acids is 1. The number of nitriles is 1. The van der Waals surface area contributed by atoms with Crippen LogP contribution in [-0.2, 0) is 14.8 Å². The zero-order valence-electron chi connectivity index (χ0n) is 12.6. The molecule has 1 aliphatic heterocycles. The Morgan fingerprint density at radius 2 is 2.04 bits per heavy atom. The quantitative estimate of drug-likeness (QED) is 0.911. The molecule has 0 unspecified atom stereocenters. The summed E-state index contributed by atoms with van der Waals surface area (Å²) in [6.07, 6.45) is 3.88. The van der Waals surface area contributed by atoms with Gasteiger partial charge in [-0.3, -0.25) is 4.79 Å². The molecule has 1 N–H and O–H groups in total. The van der Waals surface area contributed by atoms with E-state index in [0.29, 0.717) is 12.8 Å². The summed E-state index contributed by atoms with van der Waals surface area (Å²) in [6.45, 7) is 0. The van der Waals surface area contributed by atoms with Gasteiger partial charge in [-0.05, 0) is 43.4 Å². The highest BCUT2D eigenvalue weighted by Gasteiger charge is 2.51. The van der Waals surface area contributed by atoms with Gasteiger partial charge in [0, 0.05) is 6.04 Å². The molecule has 1 saturated heterocycles. The summed E-state index contributed by atoms with van der Waals surface area (Å²) >= 11 is 0. The lowest BCUT2D eigenvalue weighted by molar-refractivity contribution is -0.141. The van der Waals surface area contributed by atoms with E-state index in [1.165, 1.54) is 28.6 Å². The maximum Gasteiger partial charge on any atom is 0.322 e. The molecular weight excluding hydrogens is 316 g/mol. The van der Waals surface area contributed by atoms with E-state index in [2.05, 4.69) is 0 Å². The molecule has 0 spiro atoms. The van der Waals surface area contributed by atoms with Crippen LogP contribution >= 0.6 is 0 Å². The number of hydrogen-bond acceptors (Lipinski definition) is 4. The summed E-state index contributed by atoms with van der Waals surface area (Å²) in [5.41, 5.74) is 0.248. The zero-order valence-corrected chi connectivity index (χ0v) is 13.4. The zero-order chi connectivity index (χ0) is 16.6. The molecule has 0 amide bonds. The third-order valence-corrected chi connectivity index (χ3v) is 6.78. The first kappa shape index (κ1) is 16.0. The number of aliphatic carboxylic acids is 1. The van der Waals surface area contributed by atoms with Crippen molar-refractivity contribution in [3.63, 3.8) is 0 Å². The molecule has 1 aromatic carbocycles. The number of sulfonamides is 1. The Bertz CT molecular complexity index is 769. The molecule has 3 rings (SSSR count). The summed E-state index contributed by atoms with van der Waals surface area (Å²) in [6, 6.07) is 6.43. The molecule has 2 fully saturated rings. The number of benzene rings is 1. The predicted molar refractivity (Wildman–Crippen MR) is 82.0 cm³/mol. The van der Waals surface area contributed by atoms with Crippen molar-refractivity contribution in [2.75, 3.05) is 0 Å². The van der Waals surface area contributed by atoms with Gasteiger partial charge in [0.2, 0.25) is 10.0 Å². The van der Waals surface area contributed by atoms with Gasteiger partial charge >= 0.3 is 5.97 Å². The molecular formula is C16H18N2O4S. The van der Waals surface area contributed by atoms with Gasteiger partial charge in [-0.25, -0.2) is 8.42 Å². The average Bonchev–Trinajstić information content (AvgIpc) is 2.95. The molecule has 6 nitrogen and oxygen atoms in total. The smallest absolute Gasteiger partial charge is 0.322 e. The van der Waals surface area contributed by atoms with Gasteiger partial charge in [-0.1, -0.05) is 18.9 Å². The lowest BCUT2D eigenvalue weighted by Gasteiger charge is -2.32. The Kier molecular flexibility index (Phi) is 4.13. The van der Waals surface area contributed by atoms with Gasteiger partial charge in [0.1, 0.15) is 6.04 Å². The average molecular weight is 334 g/mol. The van der Waals surface area contributed by atoms with E-state index in [9.17, 15) is 18.3 Å². The van der Waals surface area contributed by atoms with Crippen molar-refractivity contribution in [2.24, 2.45) is 5.92 Å². The van der Waals surface area contributed by atoms with Crippen LogP contribution in [0.4, 0.5) is 0 Å². The molecule has 0 radical (unpaired) electrons. The lowest BCUT2D eigenvalue weighted by atomic mass is 9.85. The predicted octanol–water partition coefficient (Wildman–Crippen LogP) is 1.96. The number of nitrogens with zero attached hydrogens (tertiary/aromatic N) is 2. The van der Waals surface area contributed by atoms with Crippen molar-refractivity contribution in [3.8, 4) is 6.07 Å². The minimum atomic E-state index is -3.93. The molecule has 122 valence electrons.